The molecule has 2 rings (SSSR count). The largest absolute Gasteiger partial charge is 0.340 e. The number of piperidine rings is 1. The molecular formula is C13H18N2O. The van der Waals surface area contributed by atoms with Crippen molar-refractivity contribution in [1.82, 2.24) is 9.88 Å². The van der Waals surface area contributed by atoms with E-state index >= 15 is 0 Å². The molecule has 3 nitrogen and oxygen atoms in total. The third-order valence-electron chi connectivity index (χ3n) is 3.20. The molecule has 0 N–H and O–H groups in total. The van der Waals surface area contributed by atoms with E-state index in [0.717, 1.165) is 24.9 Å². The third kappa shape index (κ3) is 2.60. The van der Waals surface area contributed by atoms with E-state index in [9.17, 15) is 4.79 Å². The first kappa shape index (κ1) is 11.1. The third-order valence-corrected chi connectivity index (χ3v) is 3.20. The summed E-state index contributed by atoms with van der Waals surface area (Å²) in [4.78, 5) is 18.1. The molecule has 0 aliphatic carbocycles. The van der Waals surface area contributed by atoms with Gasteiger partial charge in [-0.3, -0.25) is 9.78 Å². The van der Waals surface area contributed by atoms with Crippen LogP contribution < -0.4 is 0 Å². The Labute approximate surface area is 96.5 Å². The van der Waals surface area contributed by atoms with Gasteiger partial charge >= 0.3 is 0 Å². The van der Waals surface area contributed by atoms with Gasteiger partial charge in [-0.25, -0.2) is 0 Å². The first-order chi connectivity index (χ1) is 7.77. The van der Waals surface area contributed by atoms with Gasteiger partial charge in [0.25, 0.3) is 0 Å². The lowest BCUT2D eigenvalue weighted by Gasteiger charge is -2.33. The lowest BCUT2D eigenvalue weighted by molar-refractivity contribution is -0.133. The van der Waals surface area contributed by atoms with Crippen LogP contribution in [-0.2, 0) is 11.2 Å². The average molecular weight is 218 g/mol. The first-order valence-corrected chi connectivity index (χ1v) is 5.96. The number of pyridine rings is 1. The Morgan fingerprint density at radius 3 is 3.12 bits per heavy atom. The number of carbonyl (C=O) groups excluding carboxylic acids is 1. The number of amides is 1. The summed E-state index contributed by atoms with van der Waals surface area (Å²) < 4.78 is 0. The van der Waals surface area contributed by atoms with Gasteiger partial charge in [-0.2, -0.15) is 0 Å². The summed E-state index contributed by atoms with van der Waals surface area (Å²) in [5, 5.41) is 0. The van der Waals surface area contributed by atoms with E-state index in [1.165, 1.54) is 6.42 Å². The molecule has 1 aromatic rings. The van der Waals surface area contributed by atoms with Crippen LogP contribution in [0.3, 0.4) is 0 Å². The molecule has 0 spiro atoms. The van der Waals surface area contributed by atoms with E-state index in [2.05, 4.69) is 11.9 Å². The van der Waals surface area contributed by atoms with Crippen molar-refractivity contribution in [2.45, 2.75) is 38.6 Å². The van der Waals surface area contributed by atoms with E-state index in [4.69, 9.17) is 0 Å². The molecule has 1 fully saturated rings. The zero-order valence-corrected chi connectivity index (χ0v) is 9.72. The molecule has 1 saturated heterocycles. The predicted octanol–water partition coefficient (Wildman–Crippen LogP) is 2.03. The van der Waals surface area contributed by atoms with Gasteiger partial charge < -0.3 is 4.90 Å². The monoisotopic (exact) mass is 218 g/mol. The highest BCUT2D eigenvalue weighted by atomic mass is 16.2. The minimum absolute atomic E-state index is 0.236. The van der Waals surface area contributed by atoms with Crippen molar-refractivity contribution in [3.05, 3.63) is 30.1 Å². The number of carbonyl (C=O) groups is 1. The van der Waals surface area contributed by atoms with Gasteiger partial charge in [0.15, 0.2) is 0 Å². The van der Waals surface area contributed by atoms with Gasteiger partial charge in [-0.15, -0.1) is 0 Å². The number of nitrogens with zero attached hydrogens (tertiary/aromatic N) is 2. The number of likely N-dealkylation sites (tertiary alicyclic amines) is 1. The van der Waals surface area contributed by atoms with Crippen LogP contribution >= 0.6 is 0 Å². The van der Waals surface area contributed by atoms with Crippen LogP contribution in [0.15, 0.2) is 24.5 Å². The molecular weight excluding hydrogens is 200 g/mol. The Hall–Kier alpha value is -1.38. The van der Waals surface area contributed by atoms with Gasteiger partial charge in [-0.1, -0.05) is 6.07 Å². The fourth-order valence-corrected chi connectivity index (χ4v) is 2.25. The smallest absolute Gasteiger partial charge is 0.227 e. The SMILES string of the molecule is C[C@H]1CCCCN1C(=O)Cc1cccnc1. The van der Waals surface area contributed by atoms with E-state index in [-0.39, 0.29) is 5.91 Å². The molecule has 1 amide bonds. The van der Waals surface area contributed by atoms with Crippen LogP contribution in [0.2, 0.25) is 0 Å². The summed E-state index contributed by atoms with van der Waals surface area (Å²) in [5.41, 5.74) is 1.00. The van der Waals surface area contributed by atoms with E-state index < -0.39 is 0 Å². The maximum absolute atomic E-state index is 12.1. The van der Waals surface area contributed by atoms with E-state index in [0.29, 0.717) is 12.5 Å². The standard InChI is InChI=1S/C13H18N2O/c1-11-5-2-3-8-15(11)13(16)9-12-6-4-7-14-10-12/h4,6-7,10-11H,2-3,5,8-9H2,1H3/t11-/m0/s1. The molecule has 86 valence electrons. The summed E-state index contributed by atoms with van der Waals surface area (Å²) in [6.45, 7) is 3.06. The summed E-state index contributed by atoms with van der Waals surface area (Å²) in [6, 6.07) is 4.24. The van der Waals surface area contributed by atoms with Crippen LogP contribution in [0.25, 0.3) is 0 Å². The van der Waals surface area contributed by atoms with Gasteiger partial charge in [0, 0.05) is 25.0 Å². The fourth-order valence-electron chi connectivity index (χ4n) is 2.25. The second-order valence-corrected chi connectivity index (χ2v) is 4.47. The molecule has 0 radical (unpaired) electrons. The van der Waals surface area contributed by atoms with Gasteiger partial charge in [-0.05, 0) is 37.8 Å². The summed E-state index contributed by atoms with van der Waals surface area (Å²) in [7, 11) is 0. The Morgan fingerprint density at radius 1 is 1.56 bits per heavy atom. The van der Waals surface area contributed by atoms with Crippen LogP contribution in [-0.4, -0.2) is 28.4 Å². The van der Waals surface area contributed by atoms with Gasteiger partial charge in [0.05, 0.1) is 6.42 Å². The Morgan fingerprint density at radius 2 is 2.44 bits per heavy atom. The van der Waals surface area contributed by atoms with E-state index in [1.54, 1.807) is 12.4 Å². The maximum atomic E-state index is 12.1. The summed E-state index contributed by atoms with van der Waals surface area (Å²) in [6.07, 6.45) is 7.52. The van der Waals surface area contributed by atoms with E-state index in [1.807, 2.05) is 17.0 Å². The Balaban J connectivity index is 1.97. The molecule has 0 aromatic carbocycles. The second kappa shape index (κ2) is 5.10. The van der Waals surface area contributed by atoms with Crippen molar-refractivity contribution >= 4 is 5.91 Å². The quantitative estimate of drug-likeness (QED) is 0.761. The molecule has 1 aliphatic heterocycles. The van der Waals surface area contributed by atoms with Crippen LogP contribution in [0, 0.1) is 0 Å². The predicted molar refractivity (Wildman–Crippen MR) is 63.0 cm³/mol. The second-order valence-electron chi connectivity index (χ2n) is 4.47. The van der Waals surface area contributed by atoms with Crippen molar-refractivity contribution in [2.75, 3.05) is 6.54 Å². The highest BCUT2D eigenvalue weighted by Gasteiger charge is 2.22. The molecule has 0 saturated carbocycles. The zero-order valence-electron chi connectivity index (χ0n) is 9.72. The Kier molecular flexibility index (Phi) is 3.54. The van der Waals surface area contributed by atoms with Crippen molar-refractivity contribution < 1.29 is 4.79 Å². The summed E-state index contributed by atoms with van der Waals surface area (Å²) >= 11 is 0. The highest BCUT2D eigenvalue weighted by molar-refractivity contribution is 5.79. The lowest BCUT2D eigenvalue weighted by atomic mass is 10.0. The van der Waals surface area contributed by atoms with Crippen LogP contribution in [0.4, 0.5) is 0 Å². The zero-order chi connectivity index (χ0) is 11.4. The lowest BCUT2D eigenvalue weighted by Crippen LogP contribution is -2.42. The molecule has 0 bridgehead atoms. The Bertz CT molecular complexity index is 350. The van der Waals surface area contributed by atoms with Crippen molar-refractivity contribution in [2.24, 2.45) is 0 Å². The normalized spacial score (nSPS) is 20.8. The molecule has 1 aromatic heterocycles. The number of hydrogen-bond acceptors (Lipinski definition) is 2. The van der Waals surface area contributed by atoms with Gasteiger partial charge in [0.1, 0.15) is 0 Å². The average Bonchev–Trinajstić information content (AvgIpc) is 2.31. The van der Waals surface area contributed by atoms with Crippen molar-refractivity contribution in [1.29, 1.82) is 0 Å². The topological polar surface area (TPSA) is 33.2 Å². The van der Waals surface area contributed by atoms with Crippen molar-refractivity contribution in [3.8, 4) is 0 Å². The molecule has 1 aliphatic rings. The van der Waals surface area contributed by atoms with Crippen LogP contribution in [0.1, 0.15) is 31.7 Å². The highest BCUT2D eigenvalue weighted by Crippen LogP contribution is 2.17. The summed E-state index contributed by atoms with van der Waals surface area (Å²) in [5.74, 6) is 0.236. The number of rotatable bonds is 2. The minimum Gasteiger partial charge on any atom is -0.340 e. The molecule has 16 heavy (non-hydrogen) atoms. The van der Waals surface area contributed by atoms with Crippen LogP contribution in [0.5, 0.6) is 0 Å². The van der Waals surface area contributed by atoms with Gasteiger partial charge in [0.2, 0.25) is 5.91 Å². The first-order valence-electron chi connectivity index (χ1n) is 5.96. The molecule has 1 atom stereocenters. The maximum Gasteiger partial charge on any atom is 0.227 e. The molecule has 2 heterocycles. The minimum atomic E-state index is 0.236. The molecule has 3 heteroatoms. The molecule has 0 unspecified atom stereocenters. The van der Waals surface area contributed by atoms with Crippen molar-refractivity contribution in [3.63, 3.8) is 0 Å². The fraction of sp³-hybridized carbons (Fsp3) is 0.538. The number of aromatic nitrogens is 1. The number of hydrogen-bond donors (Lipinski definition) is 0.